The lowest BCUT2D eigenvalue weighted by Crippen LogP contribution is -2.42. The monoisotopic (exact) mass is 284 g/mol. The summed E-state index contributed by atoms with van der Waals surface area (Å²) < 4.78 is 5.15. The molecule has 1 amide bonds. The highest BCUT2D eigenvalue weighted by Gasteiger charge is 2.33. The fourth-order valence-electron chi connectivity index (χ4n) is 1.54. The van der Waals surface area contributed by atoms with E-state index >= 15 is 0 Å². The molecule has 20 heavy (non-hydrogen) atoms. The van der Waals surface area contributed by atoms with Crippen molar-refractivity contribution in [1.29, 1.82) is 0 Å². The minimum atomic E-state index is -0.705. The number of carbonyl (C=O) groups is 2. The van der Waals surface area contributed by atoms with Gasteiger partial charge in [0.25, 0.3) is 0 Å². The fourth-order valence-corrected chi connectivity index (χ4v) is 1.54. The molecule has 114 valence electrons. The quantitative estimate of drug-likeness (QED) is 0.683. The Kier molecular flexibility index (Phi) is 5.21. The lowest BCUT2D eigenvalue weighted by atomic mass is 10.1. The summed E-state index contributed by atoms with van der Waals surface area (Å²) in [5, 5.41) is 10.4. The zero-order valence-electron chi connectivity index (χ0n) is 12.6. The highest BCUT2D eigenvalue weighted by atomic mass is 16.6. The Bertz CT molecular complexity index is 395. The number of hydrogen-bond donors (Lipinski definition) is 2. The van der Waals surface area contributed by atoms with Gasteiger partial charge in [-0.05, 0) is 34.1 Å². The Balaban J connectivity index is 2.15. The maximum Gasteiger partial charge on any atom is 0.306 e. The SMILES string of the molecule is CC1(CCNC(=O)[C@@H](N)CCC(=O)OC(C)(C)C)N=N1. The van der Waals surface area contributed by atoms with E-state index in [1.54, 1.807) is 20.8 Å². The van der Waals surface area contributed by atoms with Gasteiger partial charge in [0.1, 0.15) is 5.60 Å². The van der Waals surface area contributed by atoms with E-state index in [-0.39, 0.29) is 30.4 Å². The normalized spacial score (nSPS) is 17.4. The van der Waals surface area contributed by atoms with E-state index in [0.717, 1.165) is 0 Å². The lowest BCUT2D eigenvalue weighted by Gasteiger charge is -2.20. The number of nitrogens with two attached hydrogens (primary N) is 1. The van der Waals surface area contributed by atoms with Crippen LogP contribution in [0, 0.1) is 0 Å². The molecule has 1 aliphatic rings. The number of esters is 1. The van der Waals surface area contributed by atoms with Crippen LogP contribution in [0.3, 0.4) is 0 Å². The number of hydrogen-bond acceptors (Lipinski definition) is 6. The van der Waals surface area contributed by atoms with Crippen LogP contribution in [-0.2, 0) is 14.3 Å². The molecule has 0 aromatic rings. The van der Waals surface area contributed by atoms with Gasteiger partial charge >= 0.3 is 5.97 Å². The van der Waals surface area contributed by atoms with Gasteiger partial charge in [-0.3, -0.25) is 9.59 Å². The van der Waals surface area contributed by atoms with Gasteiger partial charge in [0.2, 0.25) is 5.91 Å². The maximum atomic E-state index is 11.7. The van der Waals surface area contributed by atoms with Gasteiger partial charge in [-0.2, -0.15) is 10.2 Å². The van der Waals surface area contributed by atoms with Gasteiger partial charge in [-0.25, -0.2) is 0 Å². The average molecular weight is 284 g/mol. The second-order valence-electron chi connectivity index (χ2n) is 6.19. The van der Waals surface area contributed by atoms with E-state index in [9.17, 15) is 9.59 Å². The summed E-state index contributed by atoms with van der Waals surface area (Å²) in [6.07, 6.45) is 1.07. The highest BCUT2D eigenvalue weighted by Crippen LogP contribution is 2.29. The second-order valence-corrected chi connectivity index (χ2v) is 6.19. The van der Waals surface area contributed by atoms with Crippen LogP contribution in [0.2, 0.25) is 0 Å². The van der Waals surface area contributed by atoms with Crippen LogP contribution in [0.15, 0.2) is 10.2 Å². The van der Waals surface area contributed by atoms with Gasteiger partial charge in [-0.1, -0.05) is 0 Å². The molecule has 3 N–H and O–H groups in total. The van der Waals surface area contributed by atoms with Crippen molar-refractivity contribution in [2.24, 2.45) is 16.0 Å². The van der Waals surface area contributed by atoms with Crippen molar-refractivity contribution >= 4 is 11.9 Å². The van der Waals surface area contributed by atoms with Gasteiger partial charge < -0.3 is 15.8 Å². The van der Waals surface area contributed by atoms with Gasteiger partial charge in [0.15, 0.2) is 5.66 Å². The molecule has 0 bridgehead atoms. The Morgan fingerprint density at radius 3 is 2.45 bits per heavy atom. The van der Waals surface area contributed by atoms with E-state index in [0.29, 0.717) is 13.0 Å². The third kappa shape index (κ3) is 6.60. The van der Waals surface area contributed by atoms with Crippen molar-refractivity contribution in [1.82, 2.24) is 5.32 Å². The highest BCUT2D eigenvalue weighted by molar-refractivity contribution is 5.82. The third-order valence-electron chi connectivity index (χ3n) is 2.76. The van der Waals surface area contributed by atoms with Crippen LogP contribution in [0.1, 0.15) is 47.0 Å². The zero-order chi connectivity index (χ0) is 15.4. The number of nitrogens with zero attached hydrogens (tertiary/aromatic N) is 2. The minimum Gasteiger partial charge on any atom is -0.460 e. The molecule has 0 fully saturated rings. The Morgan fingerprint density at radius 1 is 1.35 bits per heavy atom. The van der Waals surface area contributed by atoms with E-state index in [1.807, 2.05) is 6.92 Å². The fraction of sp³-hybridized carbons (Fsp3) is 0.846. The Hall–Kier alpha value is -1.50. The van der Waals surface area contributed by atoms with Crippen molar-refractivity contribution in [2.75, 3.05) is 6.54 Å². The molecule has 0 aliphatic carbocycles. The molecule has 0 aromatic carbocycles. The van der Waals surface area contributed by atoms with Gasteiger partial charge in [0, 0.05) is 19.4 Å². The smallest absolute Gasteiger partial charge is 0.306 e. The van der Waals surface area contributed by atoms with E-state index in [2.05, 4.69) is 15.5 Å². The minimum absolute atomic E-state index is 0.133. The van der Waals surface area contributed by atoms with Crippen molar-refractivity contribution in [2.45, 2.75) is 64.3 Å². The van der Waals surface area contributed by atoms with Crippen molar-refractivity contribution < 1.29 is 14.3 Å². The van der Waals surface area contributed by atoms with Crippen molar-refractivity contribution in [3.05, 3.63) is 0 Å². The Morgan fingerprint density at radius 2 is 1.95 bits per heavy atom. The molecule has 0 radical (unpaired) electrons. The van der Waals surface area contributed by atoms with E-state index in [1.165, 1.54) is 0 Å². The standard InChI is InChI=1S/C13H24N4O3/c1-12(2,3)20-10(18)6-5-9(14)11(19)15-8-7-13(4)16-17-13/h9H,5-8,14H2,1-4H3,(H,15,19)/t9-/m0/s1. The lowest BCUT2D eigenvalue weighted by molar-refractivity contribution is -0.155. The summed E-state index contributed by atoms with van der Waals surface area (Å²) >= 11 is 0. The van der Waals surface area contributed by atoms with Crippen LogP contribution in [0.25, 0.3) is 0 Å². The summed E-state index contributed by atoms with van der Waals surface area (Å²) in [5.41, 5.74) is 4.88. The molecule has 7 nitrogen and oxygen atoms in total. The van der Waals surface area contributed by atoms with Crippen LogP contribution >= 0.6 is 0 Å². The molecule has 0 saturated carbocycles. The molecule has 1 atom stereocenters. The topological polar surface area (TPSA) is 106 Å². The first-order valence-electron chi connectivity index (χ1n) is 6.80. The third-order valence-corrected chi connectivity index (χ3v) is 2.76. The molecule has 0 aromatic heterocycles. The van der Waals surface area contributed by atoms with Crippen LogP contribution < -0.4 is 11.1 Å². The largest absolute Gasteiger partial charge is 0.460 e. The first kappa shape index (κ1) is 16.6. The summed E-state index contributed by atoms with van der Waals surface area (Å²) in [6, 6.07) is -0.705. The Labute approximate surface area is 119 Å². The van der Waals surface area contributed by atoms with Gasteiger partial charge in [0.05, 0.1) is 6.04 Å². The van der Waals surface area contributed by atoms with Crippen molar-refractivity contribution in [3.63, 3.8) is 0 Å². The predicted molar refractivity (Wildman–Crippen MR) is 73.9 cm³/mol. The first-order valence-corrected chi connectivity index (χ1v) is 6.80. The predicted octanol–water partition coefficient (Wildman–Crippen LogP) is 1.12. The summed E-state index contributed by atoms with van der Waals surface area (Å²) in [7, 11) is 0. The molecular weight excluding hydrogens is 260 g/mol. The average Bonchev–Trinajstić information content (AvgIpc) is 3.01. The molecule has 7 heteroatoms. The summed E-state index contributed by atoms with van der Waals surface area (Å²) in [6.45, 7) is 7.76. The molecule has 1 aliphatic heterocycles. The van der Waals surface area contributed by atoms with Crippen LogP contribution in [0.5, 0.6) is 0 Å². The second kappa shape index (κ2) is 6.30. The molecule has 1 rings (SSSR count). The van der Waals surface area contributed by atoms with Crippen LogP contribution in [-0.4, -0.2) is 35.7 Å². The number of ether oxygens (including phenoxy) is 1. The molecule has 0 spiro atoms. The molecule has 0 unspecified atom stereocenters. The summed E-state index contributed by atoms with van der Waals surface area (Å²) in [5.74, 6) is -0.610. The number of rotatable bonds is 7. The summed E-state index contributed by atoms with van der Waals surface area (Å²) in [4.78, 5) is 23.2. The molecular formula is C13H24N4O3. The van der Waals surface area contributed by atoms with Gasteiger partial charge in [-0.15, -0.1) is 0 Å². The molecule has 1 heterocycles. The zero-order valence-corrected chi connectivity index (χ0v) is 12.6. The number of amides is 1. The first-order chi connectivity index (χ1) is 9.11. The number of carbonyl (C=O) groups excluding carboxylic acids is 2. The van der Waals surface area contributed by atoms with E-state index in [4.69, 9.17) is 10.5 Å². The maximum absolute atomic E-state index is 11.7. The van der Waals surface area contributed by atoms with E-state index < -0.39 is 11.6 Å². The number of nitrogens with one attached hydrogen (secondary N) is 1. The van der Waals surface area contributed by atoms with Crippen LogP contribution in [0.4, 0.5) is 0 Å². The molecule has 0 saturated heterocycles. The van der Waals surface area contributed by atoms with Crippen molar-refractivity contribution in [3.8, 4) is 0 Å².